The number of aromatic nitrogens is 1. The monoisotopic (exact) mass is 252 g/mol. The molecule has 1 aromatic carbocycles. The van der Waals surface area contributed by atoms with Crippen LogP contribution in [0.25, 0.3) is 10.9 Å². The number of fused-ring (bicyclic) bond motifs is 3. The predicted octanol–water partition coefficient (Wildman–Crippen LogP) is 3.37. The van der Waals surface area contributed by atoms with Crippen LogP contribution in [0.1, 0.15) is 42.5 Å². The van der Waals surface area contributed by atoms with Gasteiger partial charge in [0.15, 0.2) is 0 Å². The van der Waals surface area contributed by atoms with E-state index < -0.39 is 0 Å². The van der Waals surface area contributed by atoms with E-state index in [1.54, 1.807) is 6.08 Å². The van der Waals surface area contributed by atoms with Gasteiger partial charge in [-0.25, -0.2) is 4.79 Å². The zero-order valence-corrected chi connectivity index (χ0v) is 10.8. The fourth-order valence-corrected chi connectivity index (χ4v) is 3.60. The van der Waals surface area contributed by atoms with Crippen molar-refractivity contribution in [1.29, 1.82) is 0 Å². The number of nitrogens with zero attached hydrogens (tertiary/aromatic N) is 1. The Hall–Kier alpha value is -1.86. The van der Waals surface area contributed by atoms with E-state index in [0.29, 0.717) is 0 Å². The molecule has 1 N–H and O–H groups in total. The Labute approximate surface area is 111 Å². The number of nitrogens with one attached hydrogen (secondary N) is 1. The number of aliphatic imine (C=N–C) groups is 1. The molecule has 19 heavy (non-hydrogen) atoms. The quantitative estimate of drug-likeness (QED) is 0.646. The summed E-state index contributed by atoms with van der Waals surface area (Å²) in [6, 6.07) is 6.51. The van der Waals surface area contributed by atoms with Gasteiger partial charge < -0.3 is 4.98 Å². The van der Waals surface area contributed by atoms with Gasteiger partial charge in [0.2, 0.25) is 6.08 Å². The smallest absolute Gasteiger partial charge is 0.235 e. The number of aryl methyl sites for hydroxylation is 2. The van der Waals surface area contributed by atoms with Crippen molar-refractivity contribution in [3.63, 3.8) is 0 Å². The predicted molar refractivity (Wildman–Crippen MR) is 74.0 cm³/mol. The van der Waals surface area contributed by atoms with Gasteiger partial charge in [0, 0.05) is 16.6 Å². The van der Waals surface area contributed by atoms with Gasteiger partial charge in [0.25, 0.3) is 0 Å². The van der Waals surface area contributed by atoms with Gasteiger partial charge in [-0.15, -0.1) is 0 Å². The van der Waals surface area contributed by atoms with Gasteiger partial charge in [-0.1, -0.05) is 6.07 Å². The topological polar surface area (TPSA) is 45.2 Å². The Morgan fingerprint density at radius 3 is 2.84 bits per heavy atom. The van der Waals surface area contributed by atoms with Crippen molar-refractivity contribution in [2.75, 3.05) is 0 Å². The first-order valence-electron chi connectivity index (χ1n) is 7.05. The Morgan fingerprint density at radius 1 is 1.21 bits per heavy atom. The number of H-pyrrole nitrogens is 1. The zero-order chi connectivity index (χ0) is 12.9. The molecule has 1 heterocycles. The summed E-state index contributed by atoms with van der Waals surface area (Å²) in [6.45, 7) is 0. The fraction of sp³-hybridized carbons (Fsp3) is 0.438. The zero-order valence-electron chi connectivity index (χ0n) is 10.8. The van der Waals surface area contributed by atoms with Gasteiger partial charge >= 0.3 is 0 Å². The van der Waals surface area contributed by atoms with Crippen LogP contribution < -0.4 is 0 Å². The first kappa shape index (κ1) is 11.0. The normalized spacial score (nSPS) is 19.8. The summed E-state index contributed by atoms with van der Waals surface area (Å²) in [4.78, 5) is 18.3. The summed E-state index contributed by atoms with van der Waals surface area (Å²) in [5.74, 6) is 0. The number of carbonyl (C=O) groups excluding carboxylic acids is 1. The Morgan fingerprint density at radius 2 is 2.11 bits per heavy atom. The van der Waals surface area contributed by atoms with Crippen LogP contribution >= 0.6 is 0 Å². The Bertz CT molecular complexity index is 703. The number of isocyanates is 1. The number of hydrogen-bond donors (Lipinski definition) is 1. The first-order chi connectivity index (χ1) is 9.32. The van der Waals surface area contributed by atoms with Crippen molar-refractivity contribution in [1.82, 2.24) is 4.98 Å². The van der Waals surface area contributed by atoms with E-state index in [-0.39, 0.29) is 5.54 Å². The van der Waals surface area contributed by atoms with Gasteiger partial charge in [-0.2, -0.15) is 4.99 Å². The standard InChI is InChI=1S/C16H16N2O/c19-10-17-16(7-2-8-16)11-5-6-15-13(9-11)12-3-1-4-14(12)18-15/h5-6,9,18H,1-4,7-8H2. The van der Waals surface area contributed by atoms with E-state index in [9.17, 15) is 4.79 Å². The second kappa shape index (κ2) is 3.82. The maximum atomic E-state index is 10.7. The third-order valence-electron chi connectivity index (χ3n) is 4.83. The molecule has 0 unspecified atom stereocenters. The third-order valence-corrected chi connectivity index (χ3v) is 4.83. The van der Waals surface area contributed by atoms with Crippen molar-refractivity contribution in [3.05, 3.63) is 35.0 Å². The lowest BCUT2D eigenvalue weighted by Gasteiger charge is -2.37. The molecule has 3 nitrogen and oxygen atoms in total. The van der Waals surface area contributed by atoms with Crippen molar-refractivity contribution >= 4 is 17.0 Å². The SMILES string of the molecule is O=C=NC1(c2ccc3[nH]c4c(c3c2)CCC4)CCC1. The molecule has 0 radical (unpaired) electrons. The average Bonchev–Trinajstić information content (AvgIpc) is 2.93. The number of benzene rings is 1. The third kappa shape index (κ3) is 1.45. The van der Waals surface area contributed by atoms with E-state index in [1.807, 2.05) is 0 Å². The second-order valence-electron chi connectivity index (χ2n) is 5.78. The highest BCUT2D eigenvalue weighted by molar-refractivity contribution is 5.86. The average molecular weight is 252 g/mol. The van der Waals surface area contributed by atoms with Crippen LogP contribution in [0, 0.1) is 0 Å². The van der Waals surface area contributed by atoms with E-state index in [4.69, 9.17) is 0 Å². The number of aromatic amines is 1. The summed E-state index contributed by atoms with van der Waals surface area (Å²) in [7, 11) is 0. The minimum Gasteiger partial charge on any atom is -0.358 e. The summed E-state index contributed by atoms with van der Waals surface area (Å²) in [6.07, 6.45) is 8.44. The summed E-state index contributed by atoms with van der Waals surface area (Å²) in [5.41, 5.74) is 5.00. The molecule has 0 amide bonds. The maximum Gasteiger partial charge on any atom is 0.235 e. The van der Waals surface area contributed by atoms with E-state index >= 15 is 0 Å². The second-order valence-corrected chi connectivity index (χ2v) is 5.78. The molecule has 2 aliphatic rings. The highest BCUT2D eigenvalue weighted by atomic mass is 16.1. The highest BCUT2D eigenvalue weighted by Gasteiger charge is 2.39. The molecular weight excluding hydrogens is 236 g/mol. The molecule has 2 aliphatic carbocycles. The van der Waals surface area contributed by atoms with Crippen molar-refractivity contribution < 1.29 is 4.79 Å². The molecule has 4 rings (SSSR count). The molecule has 0 bridgehead atoms. The fourth-order valence-electron chi connectivity index (χ4n) is 3.60. The van der Waals surface area contributed by atoms with E-state index in [2.05, 4.69) is 28.2 Å². The van der Waals surface area contributed by atoms with Crippen LogP contribution in [-0.4, -0.2) is 11.1 Å². The Balaban J connectivity index is 1.89. The van der Waals surface area contributed by atoms with Crippen LogP contribution in [0.2, 0.25) is 0 Å². The molecule has 96 valence electrons. The molecule has 0 atom stereocenters. The molecule has 0 spiro atoms. The maximum absolute atomic E-state index is 10.7. The first-order valence-corrected chi connectivity index (χ1v) is 7.05. The molecule has 0 aliphatic heterocycles. The van der Waals surface area contributed by atoms with Crippen LogP contribution in [0.4, 0.5) is 0 Å². The van der Waals surface area contributed by atoms with Crippen molar-refractivity contribution in [2.45, 2.75) is 44.1 Å². The lowest BCUT2D eigenvalue weighted by molar-refractivity contribution is 0.256. The van der Waals surface area contributed by atoms with Crippen molar-refractivity contribution in [2.24, 2.45) is 4.99 Å². The van der Waals surface area contributed by atoms with Crippen LogP contribution in [-0.2, 0) is 23.2 Å². The molecule has 2 aromatic rings. The molecule has 0 saturated heterocycles. The Kier molecular flexibility index (Phi) is 2.21. The molecule has 3 heteroatoms. The van der Waals surface area contributed by atoms with E-state index in [1.165, 1.54) is 40.6 Å². The number of hydrogen-bond acceptors (Lipinski definition) is 2. The molecule has 1 saturated carbocycles. The summed E-state index contributed by atoms with van der Waals surface area (Å²) in [5, 5.41) is 1.33. The molecule has 1 fully saturated rings. The summed E-state index contributed by atoms with van der Waals surface area (Å²) >= 11 is 0. The lowest BCUT2D eigenvalue weighted by Crippen LogP contribution is -2.31. The van der Waals surface area contributed by atoms with Gasteiger partial charge in [0.05, 0.1) is 5.54 Å². The summed E-state index contributed by atoms with van der Waals surface area (Å²) < 4.78 is 0. The van der Waals surface area contributed by atoms with E-state index in [0.717, 1.165) is 25.7 Å². The number of rotatable bonds is 2. The minimum absolute atomic E-state index is 0.279. The van der Waals surface area contributed by atoms with Crippen molar-refractivity contribution in [3.8, 4) is 0 Å². The van der Waals surface area contributed by atoms with Gasteiger partial charge in [0.1, 0.15) is 0 Å². The molecule has 1 aromatic heterocycles. The van der Waals surface area contributed by atoms with Gasteiger partial charge in [-0.05, 0) is 61.8 Å². The van der Waals surface area contributed by atoms with Crippen LogP contribution in [0.5, 0.6) is 0 Å². The van der Waals surface area contributed by atoms with Crippen LogP contribution in [0.15, 0.2) is 23.2 Å². The largest absolute Gasteiger partial charge is 0.358 e. The minimum atomic E-state index is -0.279. The molecular formula is C16H16N2O. The lowest BCUT2D eigenvalue weighted by atomic mass is 9.72. The van der Waals surface area contributed by atoms with Crippen LogP contribution in [0.3, 0.4) is 0 Å². The van der Waals surface area contributed by atoms with Gasteiger partial charge in [-0.3, -0.25) is 0 Å². The highest BCUT2D eigenvalue weighted by Crippen LogP contribution is 2.45.